The Labute approximate surface area is 319 Å². The first kappa shape index (κ1) is 38.4. The maximum absolute atomic E-state index is 15.0. The zero-order valence-electron chi connectivity index (χ0n) is 30.8. The van der Waals surface area contributed by atoms with Gasteiger partial charge in [0.1, 0.15) is 23.8 Å². The highest BCUT2D eigenvalue weighted by Crippen LogP contribution is 2.50. The molecule has 1 aromatic heterocycles. The van der Waals surface area contributed by atoms with Gasteiger partial charge in [-0.15, -0.1) is 11.8 Å². The molecule has 0 bridgehead atoms. The second-order valence-corrected chi connectivity index (χ2v) is 15.9. The molecule has 2 amide bonds. The lowest BCUT2D eigenvalue weighted by atomic mass is 9.96. The fourth-order valence-electron chi connectivity index (χ4n) is 7.24. The summed E-state index contributed by atoms with van der Waals surface area (Å²) in [7, 11) is 0. The second kappa shape index (κ2) is 15.4. The molecule has 2 saturated heterocycles. The minimum atomic E-state index is -4.79. The Hall–Kier alpha value is -4.83. The van der Waals surface area contributed by atoms with Gasteiger partial charge in [0.15, 0.2) is 0 Å². The lowest BCUT2D eigenvalue weighted by Gasteiger charge is -2.39. The van der Waals surface area contributed by atoms with Crippen LogP contribution in [0, 0.1) is 5.82 Å². The Morgan fingerprint density at radius 3 is 2.15 bits per heavy atom. The first-order chi connectivity index (χ1) is 26.2. The van der Waals surface area contributed by atoms with Crippen LogP contribution in [0.4, 0.5) is 33.0 Å². The van der Waals surface area contributed by atoms with Crippen LogP contribution in [0.5, 0.6) is 0 Å². The van der Waals surface area contributed by atoms with Crippen molar-refractivity contribution in [3.05, 3.63) is 88.1 Å². The highest BCUT2D eigenvalue weighted by Gasteiger charge is 2.40. The van der Waals surface area contributed by atoms with E-state index < -0.39 is 47.1 Å². The van der Waals surface area contributed by atoms with E-state index in [1.165, 1.54) is 33.4 Å². The van der Waals surface area contributed by atoms with Crippen LogP contribution in [-0.2, 0) is 22.3 Å². The van der Waals surface area contributed by atoms with Gasteiger partial charge in [0.25, 0.3) is 0 Å². The van der Waals surface area contributed by atoms with Crippen LogP contribution in [0.3, 0.4) is 0 Å². The molecule has 3 aromatic carbocycles. The van der Waals surface area contributed by atoms with Crippen LogP contribution in [0.25, 0.3) is 22.0 Å². The van der Waals surface area contributed by atoms with Crippen LogP contribution in [0.2, 0.25) is 0 Å². The number of amides is 2. The molecule has 3 aliphatic rings. The number of carbonyl (C=O) groups is 2. The fraction of sp³-hybridized carbons (Fsp3) is 0.436. The number of ether oxygens (including phenoxy) is 2. The standard InChI is InChI=1S/C39H42F4N6O5S/c1-38(2,3)54-37(52)48-19-17-46(18-20-48)34-29-21-30(39(41,42)43)31(26-9-11-27(40)12-10-26)33-32(29)49(35(50)44-34)28(24-55-33)22-45-13-15-47(16-14-45)36(51)53-23-25-7-5-4-6-8-25/h4-12,21,28H,13-20,22-24H2,1-3H3/t28-/m0/s1. The minimum Gasteiger partial charge on any atom is -0.445 e. The van der Waals surface area contributed by atoms with Gasteiger partial charge >= 0.3 is 24.1 Å². The number of nitrogens with zero attached hydrogens (tertiary/aromatic N) is 6. The Morgan fingerprint density at radius 2 is 1.51 bits per heavy atom. The second-order valence-electron chi connectivity index (χ2n) is 14.9. The third-order valence-electron chi connectivity index (χ3n) is 9.90. The molecule has 4 heterocycles. The average Bonchev–Trinajstić information content (AvgIpc) is 3.15. The Balaban J connectivity index is 1.21. The van der Waals surface area contributed by atoms with Crippen LogP contribution < -0.4 is 10.6 Å². The number of piperazine rings is 2. The number of aromatic nitrogens is 2. The number of hydrogen-bond donors (Lipinski definition) is 0. The first-order valence-corrected chi connectivity index (χ1v) is 19.1. The van der Waals surface area contributed by atoms with Gasteiger partial charge in [0.05, 0.1) is 17.1 Å². The number of rotatable bonds is 6. The summed E-state index contributed by atoms with van der Waals surface area (Å²) in [6.45, 7) is 8.56. The first-order valence-electron chi connectivity index (χ1n) is 18.2. The molecule has 16 heteroatoms. The zero-order valence-corrected chi connectivity index (χ0v) is 31.6. The molecular formula is C39H42F4N6O5S. The van der Waals surface area contributed by atoms with Crippen LogP contribution >= 0.6 is 11.8 Å². The van der Waals surface area contributed by atoms with Gasteiger partial charge in [-0.1, -0.05) is 42.5 Å². The molecule has 0 saturated carbocycles. The van der Waals surface area contributed by atoms with Crippen molar-refractivity contribution in [1.29, 1.82) is 0 Å². The fourth-order valence-corrected chi connectivity index (χ4v) is 8.57. The van der Waals surface area contributed by atoms with Crippen LogP contribution in [0.1, 0.15) is 37.9 Å². The Bertz CT molecular complexity index is 2110. The van der Waals surface area contributed by atoms with Crippen molar-refractivity contribution in [1.82, 2.24) is 24.3 Å². The zero-order chi connectivity index (χ0) is 39.1. The van der Waals surface area contributed by atoms with Gasteiger partial charge in [0, 0.05) is 80.5 Å². The van der Waals surface area contributed by atoms with Gasteiger partial charge in [-0.25, -0.2) is 18.8 Å². The summed E-state index contributed by atoms with van der Waals surface area (Å²) in [5.74, 6) is -0.189. The number of alkyl halides is 3. The Kier molecular flexibility index (Phi) is 10.7. The van der Waals surface area contributed by atoms with Crippen molar-refractivity contribution in [2.45, 2.75) is 50.1 Å². The largest absolute Gasteiger partial charge is 0.445 e. The summed E-state index contributed by atoms with van der Waals surface area (Å²) in [5, 5.41) is 0.168. The van der Waals surface area contributed by atoms with Crippen LogP contribution in [0.15, 0.2) is 70.4 Å². The van der Waals surface area contributed by atoms with E-state index >= 15 is 13.2 Å². The molecular weight excluding hydrogens is 741 g/mol. The number of anilines is 1. The van der Waals surface area contributed by atoms with Crippen molar-refractivity contribution in [2.24, 2.45) is 0 Å². The molecule has 0 aliphatic carbocycles. The third kappa shape index (κ3) is 8.39. The lowest BCUT2D eigenvalue weighted by molar-refractivity contribution is -0.137. The van der Waals surface area contributed by atoms with Gasteiger partial charge in [0.2, 0.25) is 0 Å². The molecule has 2 fully saturated rings. The van der Waals surface area contributed by atoms with Crippen molar-refractivity contribution in [3.8, 4) is 11.1 Å². The molecule has 1 atom stereocenters. The maximum atomic E-state index is 15.0. The Morgan fingerprint density at radius 1 is 0.873 bits per heavy atom. The number of benzene rings is 3. The van der Waals surface area contributed by atoms with Gasteiger partial charge in [-0.2, -0.15) is 18.2 Å². The molecule has 4 aromatic rings. The minimum absolute atomic E-state index is 0.112. The van der Waals surface area contributed by atoms with Gasteiger partial charge < -0.3 is 24.2 Å². The summed E-state index contributed by atoms with van der Waals surface area (Å²) < 4.78 is 71.6. The summed E-state index contributed by atoms with van der Waals surface area (Å²) in [5.41, 5.74) is -0.941. The quantitative estimate of drug-likeness (QED) is 0.194. The van der Waals surface area contributed by atoms with Crippen LogP contribution in [-0.4, -0.2) is 107 Å². The van der Waals surface area contributed by atoms with Crippen molar-refractivity contribution < 1.29 is 36.6 Å². The van der Waals surface area contributed by atoms with E-state index in [4.69, 9.17) is 9.47 Å². The van der Waals surface area contributed by atoms with E-state index in [0.717, 1.165) is 23.8 Å². The molecule has 292 valence electrons. The number of halogens is 4. The number of hydrogen-bond acceptors (Lipinski definition) is 9. The molecule has 3 aliphatic heterocycles. The van der Waals surface area contributed by atoms with Crippen molar-refractivity contribution in [2.75, 3.05) is 69.6 Å². The monoisotopic (exact) mass is 782 g/mol. The number of carbonyl (C=O) groups excluding carboxylic acids is 2. The van der Waals surface area contributed by atoms with Crippen molar-refractivity contribution in [3.63, 3.8) is 0 Å². The molecule has 11 nitrogen and oxygen atoms in total. The highest BCUT2D eigenvalue weighted by atomic mass is 32.2. The molecule has 55 heavy (non-hydrogen) atoms. The number of thioether (sulfide) groups is 1. The molecule has 7 rings (SSSR count). The molecule has 0 spiro atoms. The SMILES string of the molecule is CC(C)(C)OC(=O)N1CCN(c2nc(=O)n3c4c(c(-c5ccc(F)cc5)c(C(F)(F)F)cc24)SC[C@@H]3CN2CCN(C(=O)OCc3ccccc3)CC2)CC1. The summed E-state index contributed by atoms with van der Waals surface area (Å²) >= 11 is 1.24. The summed E-state index contributed by atoms with van der Waals surface area (Å²) in [6.07, 6.45) is -5.70. The van der Waals surface area contributed by atoms with E-state index in [1.54, 1.807) is 30.6 Å². The predicted octanol–water partition coefficient (Wildman–Crippen LogP) is 6.88. The topological polar surface area (TPSA) is 100 Å². The van der Waals surface area contributed by atoms with Crippen molar-refractivity contribution >= 4 is 40.7 Å². The average molecular weight is 783 g/mol. The van der Waals surface area contributed by atoms with Gasteiger partial charge in [-0.3, -0.25) is 9.47 Å². The van der Waals surface area contributed by atoms with E-state index in [-0.39, 0.29) is 65.8 Å². The van der Waals surface area contributed by atoms with E-state index in [2.05, 4.69) is 9.88 Å². The molecule has 0 radical (unpaired) electrons. The highest BCUT2D eigenvalue weighted by molar-refractivity contribution is 7.99. The summed E-state index contributed by atoms with van der Waals surface area (Å²) in [6, 6.07) is 14.9. The van der Waals surface area contributed by atoms with Gasteiger partial charge in [-0.05, 0) is 50.1 Å². The molecule has 0 N–H and O–H groups in total. The maximum Gasteiger partial charge on any atom is 0.417 e. The smallest absolute Gasteiger partial charge is 0.417 e. The third-order valence-corrected chi connectivity index (χ3v) is 11.1. The van der Waals surface area contributed by atoms with E-state index in [1.807, 2.05) is 30.3 Å². The normalized spacial score (nSPS) is 18.1. The predicted molar refractivity (Wildman–Crippen MR) is 201 cm³/mol. The van der Waals surface area contributed by atoms with E-state index in [9.17, 15) is 18.8 Å². The summed E-state index contributed by atoms with van der Waals surface area (Å²) in [4.78, 5) is 51.5. The van der Waals surface area contributed by atoms with E-state index in [0.29, 0.717) is 38.2 Å². The lowest BCUT2D eigenvalue weighted by Crippen LogP contribution is -2.51. The molecule has 0 unspecified atom stereocenters.